The van der Waals surface area contributed by atoms with Gasteiger partial charge >= 0.3 is 0 Å². The molecule has 0 spiro atoms. The summed E-state index contributed by atoms with van der Waals surface area (Å²) in [7, 11) is 0. The summed E-state index contributed by atoms with van der Waals surface area (Å²) in [6, 6.07) is 14.9. The molecule has 6 heteroatoms. The maximum atomic E-state index is 6.21. The highest BCUT2D eigenvalue weighted by molar-refractivity contribution is 7.23. The minimum absolute atomic E-state index is 0.512. The van der Waals surface area contributed by atoms with E-state index >= 15 is 0 Å². The standard InChI is InChI=1S/C23H24N4S2/c1-13(2)16-6-8-17(9-7-16)25-23-27-21(24)20(29-23)22-26-19(12-28-22)18-10-5-14(3)11-15(18)4/h5-13H,24H2,1-4H3,(H,25,27). The van der Waals surface area contributed by atoms with Crippen molar-refractivity contribution in [1.29, 1.82) is 0 Å². The Morgan fingerprint density at radius 1 is 1.00 bits per heavy atom. The second-order valence-corrected chi connectivity index (χ2v) is 9.35. The van der Waals surface area contributed by atoms with Crippen molar-refractivity contribution in [3.63, 3.8) is 0 Å². The summed E-state index contributed by atoms with van der Waals surface area (Å²) in [5, 5.41) is 7.12. The number of hydrogen-bond acceptors (Lipinski definition) is 6. The number of hydrogen-bond donors (Lipinski definition) is 2. The lowest BCUT2D eigenvalue weighted by Gasteiger charge is -2.07. The molecule has 3 N–H and O–H groups in total. The molecule has 0 radical (unpaired) electrons. The molecule has 4 nitrogen and oxygen atoms in total. The third kappa shape index (κ3) is 4.18. The van der Waals surface area contributed by atoms with Crippen molar-refractivity contribution in [1.82, 2.24) is 9.97 Å². The quantitative estimate of drug-likeness (QED) is 0.365. The number of benzene rings is 2. The Balaban J connectivity index is 1.57. The van der Waals surface area contributed by atoms with Gasteiger partial charge in [-0.05, 0) is 43.0 Å². The molecule has 0 fully saturated rings. The predicted octanol–water partition coefficient (Wildman–Crippen LogP) is 7.00. The highest BCUT2D eigenvalue weighted by Gasteiger charge is 2.16. The second-order valence-electron chi connectivity index (χ2n) is 7.49. The molecule has 0 unspecified atom stereocenters. The first-order valence-corrected chi connectivity index (χ1v) is 11.3. The molecule has 148 valence electrons. The van der Waals surface area contributed by atoms with Crippen LogP contribution in [0, 0.1) is 13.8 Å². The van der Waals surface area contributed by atoms with Crippen LogP contribution in [0.25, 0.3) is 21.1 Å². The average molecular weight is 421 g/mol. The molecular weight excluding hydrogens is 396 g/mol. The van der Waals surface area contributed by atoms with E-state index in [4.69, 9.17) is 10.7 Å². The van der Waals surface area contributed by atoms with E-state index in [-0.39, 0.29) is 0 Å². The first kappa shape index (κ1) is 19.6. The average Bonchev–Trinajstić information content (AvgIpc) is 3.29. The van der Waals surface area contributed by atoms with Gasteiger partial charge < -0.3 is 11.1 Å². The fraction of sp³-hybridized carbons (Fsp3) is 0.217. The highest BCUT2D eigenvalue weighted by Crippen LogP contribution is 2.39. The third-order valence-corrected chi connectivity index (χ3v) is 6.82. The zero-order valence-electron chi connectivity index (χ0n) is 17.0. The van der Waals surface area contributed by atoms with Crippen LogP contribution in [0.3, 0.4) is 0 Å². The van der Waals surface area contributed by atoms with Crippen LogP contribution in [0.4, 0.5) is 16.6 Å². The fourth-order valence-electron chi connectivity index (χ4n) is 3.22. The van der Waals surface area contributed by atoms with Crippen LogP contribution in [0.2, 0.25) is 0 Å². The van der Waals surface area contributed by atoms with Crippen molar-refractivity contribution in [2.45, 2.75) is 33.6 Å². The minimum Gasteiger partial charge on any atom is -0.382 e. The number of nitrogens with one attached hydrogen (secondary N) is 1. The van der Waals surface area contributed by atoms with E-state index in [1.165, 1.54) is 28.0 Å². The van der Waals surface area contributed by atoms with Gasteiger partial charge in [0.1, 0.15) is 15.7 Å². The second kappa shape index (κ2) is 7.97. The summed E-state index contributed by atoms with van der Waals surface area (Å²) in [5.41, 5.74) is 13.2. The molecule has 0 atom stereocenters. The van der Waals surface area contributed by atoms with Crippen LogP contribution in [0.15, 0.2) is 47.8 Å². The zero-order chi connectivity index (χ0) is 20.5. The summed E-state index contributed by atoms with van der Waals surface area (Å²) in [5.74, 6) is 1.03. The largest absolute Gasteiger partial charge is 0.382 e. The normalized spacial score (nSPS) is 11.2. The van der Waals surface area contributed by atoms with Gasteiger partial charge in [-0.25, -0.2) is 9.97 Å². The first-order valence-electron chi connectivity index (χ1n) is 9.57. The highest BCUT2D eigenvalue weighted by atomic mass is 32.1. The number of thiazole rings is 2. The maximum Gasteiger partial charge on any atom is 0.189 e. The summed E-state index contributed by atoms with van der Waals surface area (Å²) < 4.78 is 0. The van der Waals surface area contributed by atoms with Gasteiger partial charge in [-0.15, -0.1) is 11.3 Å². The van der Waals surface area contributed by atoms with E-state index < -0.39 is 0 Å². The molecule has 29 heavy (non-hydrogen) atoms. The van der Waals surface area contributed by atoms with E-state index in [1.807, 2.05) is 0 Å². The third-order valence-electron chi connectivity index (χ3n) is 4.84. The SMILES string of the molecule is Cc1ccc(-c2csc(-c3sc(Nc4ccc(C(C)C)cc4)nc3N)n2)c(C)c1. The molecule has 2 heterocycles. The Morgan fingerprint density at radius 3 is 2.45 bits per heavy atom. The Kier molecular flexibility index (Phi) is 5.39. The van der Waals surface area contributed by atoms with Crippen LogP contribution in [-0.2, 0) is 0 Å². The minimum atomic E-state index is 0.512. The summed E-state index contributed by atoms with van der Waals surface area (Å²) in [6.07, 6.45) is 0. The predicted molar refractivity (Wildman–Crippen MR) is 126 cm³/mol. The number of rotatable bonds is 5. The van der Waals surface area contributed by atoms with E-state index in [2.05, 4.69) is 85.8 Å². The van der Waals surface area contributed by atoms with Crippen molar-refractivity contribution in [2.75, 3.05) is 11.1 Å². The Morgan fingerprint density at radius 2 is 1.76 bits per heavy atom. The summed E-state index contributed by atoms with van der Waals surface area (Å²) >= 11 is 3.13. The number of nitrogens with two attached hydrogens (primary N) is 1. The smallest absolute Gasteiger partial charge is 0.189 e. The lowest BCUT2D eigenvalue weighted by atomic mass is 10.0. The van der Waals surface area contributed by atoms with Gasteiger partial charge in [-0.1, -0.05) is 61.1 Å². The first-order chi connectivity index (χ1) is 13.9. The number of anilines is 3. The van der Waals surface area contributed by atoms with Crippen molar-refractivity contribution < 1.29 is 0 Å². The number of aromatic nitrogens is 2. The van der Waals surface area contributed by atoms with Crippen molar-refractivity contribution >= 4 is 39.3 Å². The Labute approximate surface area is 179 Å². The van der Waals surface area contributed by atoms with Gasteiger partial charge in [0, 0.05) is 16.6 Å². The fourth-order valence-corrected chi connectivity index (χ4v) is 5.04. The summed E-state index contributed by atoms with van der Waals surface area (Å²) in [4.78, 5) is 10.2. The number of aryl methyl sites for hydroxylation is 2. The lowest BCUT2D eigenvalue weighted by molar-refractivity contribution is 0.867. The monoisotopic (exact) mass is 420 g/mol. The van der Waals surface area contributed by atoms with Crippen LogP contribution >= 0.6 is 22.7 Å². The number of nitrogen functional groups attached to an aromatic ring is 1. The molecular formula is C23H24N4S2. The van der Waals surface area contributed by atoms with E-state index in [0.29, 0.717) is 11.7 Å². The lowest BCUT2D eigenvalue weighted by Crippen LogP contribution is -1.92. The van der Waals surface area contributed by atoms with Gasteiger partial charge in [0.25, 0.3) is 0 Å². The van der Waals surface area contributed by atoms with Crippen LogP contribution in [0.1, 0.15) is 36.5 Å². The van der Waals surface area contributed by atoms with Gasteiger partial charge in [0.05, 0.1) is 5.69 Å². The topological polar surface area (TPSA) is 63.8 Å². The molecule has 4 aromatic rings. The molecule has 2 aromatic carbocycles. The molecule has 0 amide bonds. The molecule has 0 aliphatic heterocycles. The molecule has 0 aliphatic rings. The van der Waals surface area contributed by atoms with Crippen LogP contribution in [0.5, 0.6) is 0 Å². The van der Waals surface area contributed by atoms with Crippen molar-refractivity contribution in [2.24, 2.45) is 0 Å². The maximum absolute atomic E-state index is 6.21. The van der Waals surface area contributed by atoms with E-state index in [9.17, 15) is 0 Å². The van der Waals surface area contributed by atoms with Crippen molar-refractivity contribution in [3.8, 4) is 21.1 Å². The van der Waals surface area contributed by atoms with Gasteiger partial charge in [-0.3, -0.25) is 0 Å². The molecule has 4 rings (SSSR count). The molecule has 0 aliphatic carbocycles. The Hall–Kier alpha value is -2.70. The number of nitrogens with zero attached hydrogens (tertiary/aromatic N) is 2. The molecule has 0 saturated heterocycles. The van der Waals surface area contributed by atoms with E-state index in [0.717, 1.165) is 32.0 Å². The van der Waals surface area contributed by atoms with Crippen LogP contribution < -0.4 is 11.1 Å². The molecule has 2 aromatic heterocycles. The summed E-state index contributed by atoms with van der Waals surface area (Å²) in [6.45, 7) is 8.61. The van der Waals surface area contributed by atoms with Crippen LogP contribution in [-0.4, -0.2) is 9.97 Å². The van der Waals surface area contributed by atoms with Gasteiger partial charge in [0.2, 0.25) is 0 Å². The zero-order valence-corrected chi connectivity index (χ0v) is 18.6. The molecule has 0 saturated carbocycles. The van der Waals surface area contributed by atoms with Gasteiger partial charge in [-0.2, -0.15) is 0 Å². The van der Waals surface area contributed by atoms with E-state index in [1.54, 1.807) is 11.3 Å². The van der Waals surface area contributed by atoms with Crippen molar-refractivity contribution in [3.05, 3.63) is 64.5 Å². The van der Waals surface area contributed by atoms with Gasteiger partial charge in [0.15, 0.2) is 5.13 Å². The molecule has 0 bridgehead atoms. The Bertz CT molecular complexity index is 1140.